The summed E-state index contributed by atoms with van der Waals surface area (Å²) in [5, 5.41) is 9.50. The van der Waals surface area contributed by atoms with Crippen LogP contribution in [0.25, 0.3) is 0 Å². The van der Waals surface area contributed by atoms with Crippen molar-refractivity contribution in [1.29, 1.82) is 0 Å². The van der Waals surface area contributed by atoms with Gasteiger partial charge in [-0.2, -0.15) is 0 Å². The molecule has 1 rings (SSSR count). The number of aliphatic hydroxyl groups excluding tert-OH is 1. The van der Waals surface area contributed by atoms with Crippen molar-refractivity contribution in [3.63, 3.8) is 0 Å². The lowest BCUT2D eigenvalue weighted by atomic mass is 10.1. The van der Waals surface area contributed by atoms with Crippen molar-refractivity contribution in [2.24, 2.45) is 5.73 Å². The number of carbonyl (C=O) groups is 1. The minimum atomic E-state index is -1.34. The molecule has 1 aromatic carbocycles. The third-order valence-corrected chi connectivity index (χ3v) is 2.90. The summed E-state index contributed by atoms with van der Waals surface area (Å²) in [6, 6.07) is 10.1. The van der Waals surface area contributed by atoms with E-state index in [4.69, 9.17) is 10.5 Å². The van der Waals surface area contributed by atoms with E-state index >= 15 is 0 Å². The molecule has 0 aliphatic carbocycles. The van der Waals surface area contributed by atoms with Gasteiger partial charge in [0.1, 0.15) is 5.60 Å². The topological polar surface area (TPSA) is 75.8 Å². The molecule has 0 aliphatic heterocycles. The number of aliphatic hydroxyl groups is 1. The van der Waals surface area contributed by atoms with E-state index in [0.717, 1.165) is 24.2 Å². The van der Waals surface area contributed by atoms with E-state index in [0.29, 0.717) is 6.54 Å². The molecule has 0 bridgehead atoms. The van der Waals surface area contributed by atoms with E-state index < -0.39 is 18.0 Å². The molecule has 0 saturated heterocycles. The molecule has 1 unspecified atom stereocenters. The number of aryl methyl sites for hydroxylation is 1. The van der Waals surface area contributed by atoms with Gasteiger partial charge in [0, 0.05) is 6.54 Å². The van der Waals surface area contributed by atoms with E-state index in [1.165, 1.54) is 5.56 Å². The van der Waals surface area contributed by atoms with E-state index in [9.17, 15) is 9.90 Å². The zero-order valence-corrected chi connectivity index (χ0v) is 13.1. The number of hydrogen-bond acceptors (Lipinski definition) is 4. The molecule has 0 spiro atoms. The lowest BCUT2D eigenvalue weighted by Crippen LogP contribution is -2.48. The average Bonchev–Trinajstić information content (AvgIpc) is 2.37. The molecule has 118 valence electrons. The molecule has 21 heavy (non-hydrogen) atoms. The third-order valence-electron chi connectivity index (χ3n) is 2.90. The van der Waals surface area contributed by atoms with Gasteiger partial charge in [-0.3, -0.25) is 10.6 Å². The Morgan fingerprint density at radius 1 is 1.29 bits per heavy atom. The molecule has 3 N–H and O–H groups in total. The summed E-state index contributed by atoms with van der Waals surface area (Å²) in [5.74, 6) is 0. The molecule has 5 heteroatoms. The summed E-state index contributed by atoms with van der Waals surface area (Å²) in [6.45, 7) is 5.71. The van der Waals surface area contributed by atoms with Gasteiger partial charge in [-0.25, -0.2) is 4.79 Å². The van der Waals surface area contributed by atoms with Crippen LogP contribution in [-0.2, 0) is 11.2 Å². The quantitative estimate of drug-likeness (QED) is 0.624. The first-order valence-corrected chi connectivity index (χ1v) is 7.27. The van der Waals surface area contributed by atoms with Gasteiger partial charge in [0.05, 0.1) is 0 Å². The first-order valence-electron chi connectivity index (χ1n) is 7.27. The molecular formula is C16H26N2O3. The Hall–Kier alpha value is -1.59. The Labute approximate surface area is 126 Å². The largest absolute Gasteiger partial charge is 0.444 e. The van der Waals surface area contributed by atoms with Crippen LogP contribution < -0.4 is 5.73 Å². The number of amides is 1. The normalized spacial score (nSPS) is 12.8. The maximum Gasteiger partial charge on any atom is 0.413 e. The fourth-order valence-corrected chi connectivity index (χ4v) is 1.91. The Bertz CT molecular complexity index is 427. The molecule has 0 fully saturated rings. The van der Waals surface area contributed by atoms with Gasteiger partial charge in [-0.15, -0.1) is 0 Å². The molecule has 0 radical (unpaired) electrons. The monoisotopic (exact) mass is 294 g/mol. The highest BCUT2D eigenvalue weighted by Crippen LogP contribution is 2.12. The van der Waals surface area contributed by atoms with E-state index in [1.54, 1.807) is 20.8 Å². The number of rotatable bonds is 6. The van der Waals surface area contributed by atoms with Gasteiger partial charge in [-0.05, 0) is 45.6 Å². The highest BCUT2D eigenvalue weighted by Gasteiger charge is 2.24. The van der Waals surface area contributed by atoms with Crippen LogP contribution in [0.1, 0.15) is 39.2 Å². The summed E-state index contributed by atoms with van der Waals surface area (Å²) >= 11 is 0. The van der Waals surface area contributed by atoms with E-state index in [1.807, 2.05) is 18.2 Å². The van der Waals surface area contributed by atoms with Crippen molar-refractivity contribution in [1.82, 2.24) is 4.90 Å². The summed E-state index contributed by atoms with van der Waals surface area (Å²) in [6.07, 6.45) is 0.677. The molecular weight excluding hydrogens is 268 g/mol. The number of hydrogen-bond donors (Lipinski definition) is 2. The SMILES string of the molecule is CC(C)(C)OC(=O)N(CCCCc1ccccc1)C(N)O. The predicted octanol–water partition coefficient (Wildman–Crippen LogP) is 2.48. The molecule has 0 aliphatic rings. The molecule has 0 saturated carbocycles. The number of unbranched alkanes of at least 4 members (excludes halogenated alkanes) is 1. The van der Waals surface area contributed by atoms with E-state index in [-0.39, 0.29) is 0 Å². The second-order valence-corrected chi connectivity index (χ2v) is 6.03. The van der Waals surface area contributed by atoms with Crippen LogP contribution in [0.4, 0.5) is 4.79 Å². The van der Waals surface area contributed by atoms with Crippen LogP contribution in [0.5, 0.6) is 0 Å². The molecule has 5 nitrogen and oxygen atoms in total. The molecule has 1 aromatic rings. The fraction of sp³-hybridized carbons (Fsp3) is 0.562. The highest BCUT2D eigenvalue weighted by molar-refractivity contribution is 5.68. The summed E-state index contributed by atoms with van der Waals surface area (Å²) in [7, 11) is 0. The van der Waals surface area contributed by atoms with Crippen LogP contribution in [0.2, 0.25) is 0 Å². The van der Waals surface area contributed by atoms with Crippen molar-refractivity contribution in [3.05, 3.63) is 35.9 Å². The van der Waals surface area contributed by atoms with Crippen LogP contribution in [-0.4, -0.2) is 34.6 Å². The Morgan fingerprint density at radius 2 is 1.90 bits per heavy atom. The molecule has 1 atom stereocenters. The van der Waals surface area contributed by atoms with Gasteiger partial charge in [0.15, 0.2) is 6.35 Å². The highest BCUT2D eigenvalue weighted by atomic mass is 16.6. The standard InChI is InChI=1S/C16H26N2O3/c1-16(2,3)21-15(20)18(14(17)19)12-8-7-11-13-9-5-4-6-10-13/h4-6,9-10,14,19H,7-8,11-12,17H2,1-3H3. The van der Waals surface area contributed by atoms with Crippen LogP contribution in [0, 0.1) is 0 Å². The van der Waals surface area contributed by atoms with Crippen LogP contribution in [0.15, 0.2) is 30.3 Å². The first-order chi connectivity index (χ1) is 9.79. The maximum absolute atomic E-state index is 11.9. The summed E-state index contributed by atoms with van der Waals surface area (Å²) in [4.78, 5) is 13.1. The van der Waals surface area contributed by atoms with Crippen molar-refractivity contribution < 1.29 is 14.6 Å². The zero-order valence-electron chi connectivity index (χ0n) is 13.1. The van der Waals surface area contributed by atoms with Gasteiger partial charge in [-0.1, -0.05) is 30.3 Å². The number of nitrogens with two attached hydrogens (primary N) is 1. The summed E-state index contributed by atoms with van der Waals surface area (Å²) < 4.78 is 5.22. The first kappa shape index (κ1) is 17.5. The van der Waals surface area contributed by atoms with Crippen LogP contribution in [0.3, 0.4) is 0 Å². The second-order valence-electron chi connectivity index (χ2n) is 6.03. The lowest BCUT2D eigenvalue weighted by Gasteiger charge is -2.28. The Balaban J connectivity index is 2.39. The summed E-state index contributed by atoms with van der Waals surface area (Å²) in [5.41, 5.74) is 6.09. The second kappa shape index (κ2) is 8.00. The minimum Gasteiger partial charge on any atom is -0.444 e. The van der Waals surface area contributed by atoms with Gasteiger partial charge in [0.2, 0.25) is 0 Å². The zero-order chi connectivity index (χ0) is 15.9. The Morgan fingerprint density at radius 3 is 2.43 bits per heavy atom. The van der Waals surface area contributed by atoms with Gasteiger partial charge < -0.3 is 9.84 Å². The van der Waals surface area contributed by atoms with Gasteiger partial charge >= 0.3 is 6.09 Å². The predicted molar refractivity (Wildman–Crippen MR) is 82.5 cm³/mol. The molecule has 0 aromatic heterocycles. The minimum absolute atomic E-state index is 0.374. The third kappa shape index (κ3) is 7.11. The van der Waals surface area contributed by atoms with Crippen molar-refractivity contribution >= 4 is 6.09 Å². The molecule has 1 amide bonds. The molecule has 0 heterocycles. The Kier molecular flexibility index (Phi) is 6.65. The van der Waals surface area contributed by atoms with Crippen LogP contribution >= 0.6 is 0 Å². The van der Waals surface area contributed by atoms with E-state index in [2.05, 4.69) is 12.1 Å². The number of benzene rings is 1. The lowest BCUT2D eigenvalue weighted by molar-refractivity contribution is -0.0280. The fourth-order valence-electron chi connectivity index (χ4n) is 1.91. The van der Waals surface area contributed by atoms with Crippen molar-refractivity contribution in [2.75, 3.05) is 6.54 Å². The number of nitrogens with zero attached hydrogens (tertiary/aromatic N) is 1. The van der Waals surface area contributed by atoms with Gasteiger partial charge in [0.25, 0.3) is 0 Å². The number of ether oxygens (including phenoxy) is 1. The maximum atomic E-state index is 11.9. The number of carbonyl (C=O) groups excluding carboxylic acids is 1. The smallest absolute Gasteiger partial charge is 0.413 e. The van der Waals surface area contributed by atoms with Crippen molar-refractivity contribution in [2.45, 2.75) is 52.0 Å². The average molecular weight is 294 g/mol. The van der Waals surface area contributed by atoms with Crippen molar-refractivity contribution in [3.8, 4) is 0 Å².